The zero-order chi connectivity index (χ0) is 9.23. The van der Waals surface area contributed by atoms with E-state index in [1.165, 1.54) is 32.1 Å². The van der Waals surface area contributed by atoms with Gasteiger partial charge in [-0.15, -0.1) is 0 Å². The van der Waals surface area contributed by atoms with Crippen molar-refractivity contribution in [2.45, 2.75) is 46.0 Å². The smallest absolute Gasteiger partial charge is 0.0367 e. The lowest BCUT2D eigenvalue weighted by atomic mass is 10.2. The molecule has 74 valence electrons. The molecule has 2 nitrogen and oxygen atoms in total. The van der Waals surface area contributed by atoms with E-state index >= 15 is 0 Å². The summed E-state index contributed by atoms with van der Waals surface area (Å²) in [6.45, 7) is 6.71. The molecule has 12 heavy (non-hydrogen) atoms. The highest BCUT2D eigenvalue weighted by atomic mass is 127. The number of hydrogen-bond donors (Lipinski definition) is 1. The van der Waals surface area contributed by atoms with Gasteiger partial charge in [0.1, 0.15) is 0 Å². The lowest BCUT2D eigenvalue weighted by Gasteiger charge is -2.14. The van der Waals surface area contributed by atoms with E-state index in [2.05, 4.69) is 45.4 Å². The zero-order valence-electron chi connectivity index (χ0n) is 8.27. The van der Waals surface area contributed by atoms with E-state index in [1.807, 2.05) is 0 Å². The molecule has 0 unspecified atom stereocenters. The van der Waals surface area contributed by atoms with E-state index in [-0.39, 0.29) is 0 Å². The molecule has 0 aliphatic heterocycles. The predicted molar refractivity (Wildman–Crippen MR) is 63.2 cm³/mol. The fourth-order valence-electron chi connectivity index (χ4n) is 1.03. The van der Waals surface area contributed by atoms with Crippen LogP contribution in [-0.4, -0.2) is 16.3 Å². The van der Waals surface area contributed by atoms with Crippen molar-refractivity contribution in [3.8, 4) is 0 Å². The second kappa shape index (κ2) is 9.74. The zero-order valence-corrected chi connectivity index (χ0v) is 10.4. The van der Waals surface area contributed by atoms with Crippen LogP contribution in [0.25, 0.3) is 0 Å². The van der Waals surface area contributed by atoms with Gasteiger partial charge in [-0.3, -0.25) is 0 Å². The van der Waals surface area contributed by atoms with Crippen LogP contribution in [0.5, 0.6) is 0 Å². The summed E-state index contributed by atoms with van der Waals surface area (Å²) in [6.07, 6.45) is 6.57. The van der Waals surface area contributed by atoms with Gasteiger partial charge in [-0.2, -0.15) is 3.22 Å². The molecule has 0 aliphatic rings. The van der Waals surface area contributed by atoms with Crippen LogP contribution in [0, 0.1) is 0 Å². The first kappa shape index (κ1) is 12.7. The number of nitrogens with one attached hydrogen (secondary N) is 1. The number of nitrogens with zero attached hydrogens (tertiary/aromatic N) is 1. The van der Waals surface area contributed by atoms with Crippen molar-refractivity contribution in [3.05, 3.63) is 0 Å². The quantitative estimate of drug-likeness (QED) is 0.319. The standard InChI is InChI=1S/C9H21IN2/c1-3-5-6-7-8-11-12(10)9-4-2/h11H,3-9H2,1-2H3. The van der Waals surface area contributed by atoms with Gasteiger partial charge in [0.2, 0.25) is 0 Å². The van der Waals surface area contributed by atoms with Crippen molar-refractivity contribution < 1.29 is 0 Å². The summed E-state index contributed by atoms with van der Waals surface area (Å²) in [5.41, 5.74) is 3.36. The third kappa shape index (κ3) is 8.74. The second-order valence-corrected chi connectivity index (χ2v) is 4.22. The lowest BCUT2D eigenvalue weighted by molar-refractivity contribution is 0.375. The van der Waals surface area contributed by atoms with Gasteiger partial charge < -0.3 is 0 Å². The Morgan fingerprint density at radius 3 is 2.42 bits per heavy atom. The molecule has 0 bridgehead atoms. The number of rotatable bonds is 8. The van der Waals surface area contributed by atoms with Gasteiger partial charge in [-0.1, -0.05) is 33.1 Å². The van der Waals surface area contributed by atoms with Gasteiger partial charge >= 0.3 is 0 Å². The normalized spacial score (nSPS) is 11.0. The van der Waals surface area contributed by atoms with Crippen LogP contribution in [-0.2, 0) is 0 Å². The number of unbranched alkanes of at least 4 members (excludes halogenated alkanes) is 3. The van der Waals surface area contributed by atoms with Gasteiger partial charge in [0.15, 0.2) is 0 Å². The van der Waals surface area contributed by atoms with Crippen LogP contribution < -0.4 is 5.43 Å². The molecule has 0 aromatic heterocycles. The molecule has 0 amide bonds. The van der Waals surface area contributed by atoms with Crippen molar-refractivity contribution >= 4 is 22.9 Å². The van der Waals surface area contributed by atoms with E-state index < -0.39 is 0 Å². The maximum atomic E-state index is 3.36. The molecule has 0 aliphatic carbocycles. The SMILES string of the molecule is CCCCCCNN(I)CCC. The highest BCUT2D eigenvalue weighted by Crippen LogP contribution is 1.99. The molecule has 0 aromatic carbocycles. The molecular weight excluding hydrogens is 263 g/mol. The summed E-state index contributed by atoms with van der Waals surface area (Å²) in [4.78, 5) is 0. The molecule has 0 aromatic rings. The molecule has 0 rings (SSSR count). The number of halogens is 1. The molecule has 1 N–H and O–H groups in total. The predicted octanol–water partition coefficient (Wildman–Crippen LogP) is 3.13. The van der Waals surface area contributed by atoms with E-state index in [4.69, 9.17) is 0 Å². The number of hydrazine groups is 1. The van der Waals surface area contributed by atoms with Crippen molar-refractivity contribution in [2.75, 3.05) is 13.1 Å². The third-order valence-corrected chi connectivity index (χ3v) is 2.56. The molecule has 0 radical (unpaired) electrons. The largest absolute Gasteiger partial charge is 0.246 e. The average Bonchev–Trinajstić information content (AvgIpc) is 2.05. The minimum atomic E-state index is 1.13. The maximum Gasteiger partial charge on any atom is 0.0367 e. The van der Waals surface area contributed by atoms with Gasteiger partial charge in [-0.05, 0) is 12.8 Å². The van der Waals surface area contributed by atoms with E-state index in [0.717, 1.165) is 13.1 Å². The first-order chi connectivity index (χ1) is 5.81. The third-order valence-electron chi connectivity index (χ3n) is 1.73. The Kier molecular flexibility index (Phi) is 10.3. The van der Waals surface area contributed by atoms with Crippen molar-refractivity contribution in [1.29, 1.82) is 0 Å². The van der Waals surface area contributed by atoms with Gasteiger partial charge in [0.05, 0.1) is 0 Å². The van der Waals surface area contributed by atoms with Crippen LogP contribution in [0.4, 0.5) is 0 Å². The average molecular weight is 284 g/mol. The Balaban J connectivity index is 2.97. The Morgan fingerprint density at radius 1 is 1.08 bits per heavy atom. The molecule has 0 fully saturated rings. The van der Waals surface area contributed by atoms with Crippen LogP contribution in [0.2, 0.25) is 0 Å². The fraction of sp³-hybridized carbons (Fsp3) is 1.00. The summed E-state index contributed by atoms with van der Waals surface area (Å²) >= 11 is 2.32. The van der Waals surface area contributed by atoms with Crippen LogP contribution in [0.15, 0.2) is 0 Å². The van der Waals surface area contributed by atoms with E-state index in [1.54, 1.807) is 0 Å². The minimum absolute atomic E-state index is 1.13. The summed E-state index contributed by atoms with van der Waals surface area (Å²) in [5, 5.41) is 0. The highest BCUT2D eigenvalue weighted by molar-refractivity contribution is 14.1. The van der Waals surface area contributed by atoms with E-state index in [0.29, 0.717) is 0 Å². The Hall–Kier alpha value is 0.650. The van der Waals surface area contributed by atoms with Crippen molar-refractivity contribution in [2.24, 2.45) is 0 Å². The van der Waals surface area contributed by atoms with Gasteiger partial charge in [0, 0.05) is 36.0 Å². The number of hydrogen-bond acceptors (Lipinski definition) is 2. The van der Waals surface area contributed by atoms with Crippen LogP contribution in [0.3, 0.4) is 0 Å². The minimum Gasteiger partial charge on any atom is -0.246 e. The first-order valence-corrected chi connectivity index (χ1v) is 5.94. The van der Waals surface area contributed by atoms with Crippen molar-refractivity contribution in [1.82, 2.24) is 8.65 Å². The monoisotopic (exact) mass is 284 g/mol. The summed E-state index contributed by atoms with van der Waals surface area (Å²) in [7, 11) is 0. The molecule has 0 spiro atoms. The van der Waals surface area contributed by atoms with Gasteiger partial charge in [-0.25, -0.2) is 5.43 Å². The summed E-state index contributed by atoms with van der Waals surface area (Å²) in [5.74, 6) is 0. The second-order valence-electron chi connectivity index (χ2n) is 3.05. The molecule has 0 saturated heterocycles. The van der Waals surface area contributed by atoms with Crippen molar-refractivity contribution in [3.63, 3.8) is 0 Å². The summed E-state index contributed by atoms with van der Waals surface area (Å²) < 4.78 is 2.16. The fourth-order valence-corrected chi connectivity index (χ4v) is 1.75. The molecule has 0 saturated carbocycles. The van der Waals surface area contributed by atoms with Crippen LogP contribution in [0.1, 0.15) is 46.0 Å². The molecule has 0 heterocycles. The Bertz CT molecular complexity index is 88.6. The maximum absolute atomic E-state index is 3.36. The highest BCUT2D eigenvalue weighted by Gasteiger charge is 1.95. The first-order valence-electron chi connectivity index (χ1n) is 4.98. The Morgan fingerprint density at radius 2 is 1.83 bits per heavy atom. The Labute approximate surface area is 90.6 Å². The molecular formula is C9H21IN2. The summed E-state index contributed by atoms with van der Waals surface area (Å²) in [6, 6.07) is 0. The molecule has 3 heteroatoms. The van der Waals surface area contributed by atoms with E-state index in [9.17, 15) is 0 Å². The topological polar surface area (TPSA) is 15.3 Å². The van der Waals surface area contributed by atoms with Gasteiger partial charge in [0.25, 0.3) is 0 Å². The molecule has 0 atom stereocenters. The lowest BCUT2D eigenvalue weighted by Crippen LogP contribution is -2.30. The van der Waals surface area contributed by atoms with Crippen LogP contribution >= 0.6 is 22.9 Å².